The second kappa shape index (κ2) is 10.1. The normalized spacial score (nSPS) is 11.5. The van der Waals surface area contributed by atoms with Crippen molar-refractivity contribution in [2.45, 2.75) is 45.9 Å². The lowest BCUT2D eigenvalue weighted by atomic mass is 10.0. The van der Waals surface area contributed by atoms with Crippen molar-refractivity contribution >= 4 is 33.4 Å². The van der Waals surface area contributed by atoms with Crippen LogP contribution in [0, 0.1) is 0 Å². The average molecular weight is 456 g/mol. The first kappa shape index (κ1) is 23.5. The quantitative estimate of drug-likeness (QED) is 0.190. The summed E-state index contributed by atoms with van der Waals surface area (Å²) in [6.45, 7) is 6.07. The number of benzene rings is 4. The molecule has 0 bridgehead atoms. The lowest BCUT2D eigenvalue weighted by molar-refractivity contribution is -0.320. The Morgan fingerprint density at radius 2 is 1.18 bits per heavy atom. The molecule has 5 nitrogen and oxygen atoms in total. The highest BCUT2D eigenvalue weighted by Crippen LogP contribution is 2.21. The van der Waals surface area contributed by atoms with Gasteiger partial charge in [0.1, 0.15) is 12.0 Å². The summed E-state index contributed by atoms with van der Waals surface area (Å²) in [6.07, 6.45) is -0.392. The average Bonchev–Trinajstić information content (AvgIpc) is 2.82. The minimum Gasteiger partial charge on any atom is -0.334 e. The van der Waals surface area contributed by atoms with E-state index in [0.717, 1.165) is 32.7 Å². The summed E-state index contributed by atoms with van der Waals surface area (Å²) >= 11 is 0. The van der Waals surface area contributed by atoms with E-state index < -0.39 is 18.0 Å². The molecular weight excluding hydrogens is 426 g/mol. The molecule has 0 heterocycles. The van der Waals surface area contributed by atoms with Gasteiger partial charge >= 0.3 is 5.97 Å². The molecule has 1 amide bonds. The van der Waals surface area contributed by atoms with Gasteiger partial charge in [-0.1, -0.05) is 72.8 Å². The van der Waals surface area contributed by atoms with E-state index in [1.54, 1.807) is 25.7 Å². The van der Waals surface area contributed by atoms with Crippen LogP contribution in [0.4, 0.5) is 0 Å². The number of carbonyl (C=O) groups is 2. The highest BCUT2D eigenvalue weighted by atomic mass is 17.2. The third-order valence-electron chi connectivity index (χ3n) is 5.41. The summed E-state index contributed by atoms with van der Waals surface area (Å²) in [5, 5.41) is 4.50. The third-order valence-corrected chi connectivity index (χ3v) is 5.41. The first-order chi connectivity index (χ1) is 16.3. The van der Waals surface area contributed by atoms with Crippen LogP contribution in [0.3, 0.4) is 0 Å². The number of hydrogen-bond acceptors (Lipinski definition) is 4. The first-order valence-electron chi connectivity index (χ1n) is 11.4. The smallest absolute Gasteiger partial charge is 0.334 e. The Hall–Kier alpha value is -3.70. The third kappa shape index (κ3) is 6.21. The van der Waals surface area contributed by atoms with Crippen LogP contribution in [0.2, 0.25) is 0 Å². The van der Waals surface area contributed by atoms with Crippen LogP contribution in [-0.2, 0) is 32.5 Å². The SMILES string of the molecule is CC(C)(C)OOC(=O)CC(=O)N(Cc1ccc2ccccc2c1)Cc1ccc2ccccc2c1. The molecule has 0 aliphatic rings. The van der Waals surface area contributed by atoms with Gasteiger partial charge in [-0.3, -0.25) is 9.68 Å². The molecule has 0 fully saturated rings. The first-order valence-corrected chi connectivity index (χ1v) is 11.4. The van der Waals surface area contributed by atoms with Gasteiger partial charge < -0.3 is 4.90 Å². The maximum absolute atomic E-state index is 13.2. The van der Waals surface area contributed by atoms with Crippen LogP contribution in [0.1, 0.15) is 38.3 Å². The summed E-state index contributed by atoms with van der Waals surface area (Å²) in [4.78, 5) is 37.1. The van der Waals surface area contributed by atoms with Crippen molar-refractivity contribution in [3.8, 4) is 0 Å². The van der Waals surface area contributed by atoms with Crippen LogP contribution in [0.25, 0.3) is 21.5 Å². The van der Waals surface area contributed by atoms with E-state index in [0.29, 0.717) is 13.1 Å². The Morgan fingerprint density at radius 1 is 0.706 bits per heavy atom. The Balaban J connectivity index is 1.56. The molecule has 0 unspecified atom stereocenters. The Labute approximate surface area is 199 Å². The molecule has 0 radical (unpaired) electrons. The number of fused-ring (bicyclic) bond motifs is 2. The van der Waals surface area contributed by atoms with Crippen LogP contribution >= 0.6 is 0 Å². The second-order valence-corrected chi connectivity index (χ2v) is 9.44. The Bertz CT molecular complexity index is 1240. The zero-order valence-electron chi connectivity index (χ0n) is 19.8. The molecule has 0 saturated heterocycles. The van der Waals surface area contributed by atoms with Crippen LogP contribution in [0.5, 0.6) is 0 Å². The summed E-state index contributed by atoms with van der Waals surface area (Å²) in [5.41, 5.74) is 1.34. The van der Waals surface area contributed by atoms with E-state index in [1.807, 2.05) is 36.4 Å². The summed E-state index contributed by atoms with van der Waals surface area (Å²) in [5.74, 6) is -1.02. The number of carbonyl (C=O) groups excluding carboxylic acids is 2. The number of amides is 1. The molecule has 0 aromatic heterocycles. The highest BCUT2D eigenvalue weighted by Gasteiger charge is 2.22. The molecule has 0 aliphatic carbocycles. The van der Waals surface area contributed by atoms with Crippen LogP contribution in [0.15, 0.2) is 84.9 Å². The largest absolute Gasteiger partial charge is 0.351 e. The zero-order valence-corrected chi connectivity index (χ0v) is 19.8. The number of hydrogen-bond donors (Lipinski definition) is 0. The van der Waals surface area contributed by atoms with E-state index in [1.165, 1.54) is 0 Å². The van der Waals surface area contributed by atoms with E-state index in [-0.39, 0.29) is 5.91 Å². The maximum atomic E-state index is 13.2. The molecule has 0 atom stereocenters. The fourth-order valence-electron chi connectivity index (χ4n) is 3.78. The number of rotatable bonds is 7. The second-order valence-electron chi connectivity index (χ2n) is 9.44. The van der Waals surface area contributed by atoms with Crippen molar-refractivity contribution in [3.05, 3.63) is 96.1 Å². The van der Waals surface area contributed by atoms with Crippen LogP contribution in [-0.4, -0.2) is 22.4 Å². The van der Waals surface area contributed by atoms with Gasteiger partial charge in [-0.15, -0.1) is 0 Å². The number of nitrogens with zero attached hydrogens (tertiary/aromatic N) is 1. The minimum absolute atomic E-state index is 0.316. The molecule has 4 aromatic carbocycles. The standard InChI is InChI=1S/C29H29NO4/c1-29(2,3)34-33-28(32)18-27(31)30(19-21-12-14-23-8-4-6-10-25(23)16-21)20-22-13-15-24-9-5-7-11-26(24)17-22/h4-17H,18-20H2,1-3H3. The highest BCUT2D eigenvalue weighted by molar-refractivity contribution is 5.94. The van der Waals surface area contributed by atoms with Gasteiger partial charge in [-0.2, -0.15) is 4.89 Å². The van der Waals surface area contributed by atoms with Crippen molar-refractivity contribution in [3.63, 3.8) is 0 Å². The van der Waals surface area contributed by atoms with Gasteiger partial charge in [0.2, 0.25) is 5.91 Å². The van der Waals surface area contributed by atoms with Gasteiger partial charge in [0, 0.05) is 13.1 Å². The molecule has 0 N–H and O–H groups in total. The molecule has 4 rings (SSSR count). The van der Waals surface area contributed by atoms with Gasteiger partial charge in [0.15, 0.2) is 0 Å². The lowest BCUT2D eigenvalue weighted by Crippen LogP contribution is -2.32. The Kier molecular flexibility index (Phi) is 6.94. The predicted molar refractivity (Wildman–Crippen MR) is 134 cm³/mol. The molecule has 0 spiro atoms. The monoisotopic (exact) mass is 455 g/mol. The maximum Gasteiger partial charge on any atom is 0.351 e. The summed E-state index contributed by atoms with van der Waals surface area (Å²) < 4.78 is 0. The van der Waals surface area contributed by atoms with E-state index in [2.05, 4.69) is 48.5 Å². The van der Waals surface area contributed by atoms with Gasteiger partial charge in [-0.05, 0) is 65.6 Å². The van der Waals surface area contributed by atoms with Gasteiger partial charge in [0.25, 0.3) is 0 Å². The molecular formula is C29H29NO4. The molecule has 174 valence electrons. The fourth-order valence-corrected chi connectivity index (χ4v) is 3.78. The van der Waals surface area contributed by atoms with E-state index in [4.69, 9.17) is 9.78 Å². The van der Waals surface area contributed by atoms with Crippen molar-refractivity contribution in [1.82, 2.24) is 4.90 Å². The molecule has 5 heteroatoms. The summed E-state index contributed by atoms with van der Waals surface area (Å²) in [6, 6.07) is 28.5. The Morgan fingerprint density at radius 3 is 1.65 bits per heavy atom. The van der Waals surface area contributed by atoms with Crippen LogP contribution < -0.4 is 0 Å². The minimum atomic E-state index is -0.707. The van der Waals surface area contributed by atoms with E-state index >= 15 is 0 Å². The summed E-state index contributed by atoms with van der Waals surface area (Å²) in [7, 11) is 0. The van der Waals surface area contributed by atoms with Crippen molar-refractivity contribution in [2.75, 3.05) is 0 Å². The van der Waals surface area contributed by atoms with Crippen molar-refractivity contribution < 1.29 is 19.4 Å². The van der Waals surface area contributed by atoms with Crippen molar-refractivity contribution in [1.29, 1.82) is 0 Å². The topological polar surface area (TPSA) is 55.8 Å². The molecule has 4 aromatic rings. The molecule has 0 aliphatic heterocycles. The lowest BCUT2D eigenvalue weighted by Gasteiger charge is -2.24. The fraction of sp³-hybridized carbons (Fsp3) is 0.241. The van der Waals surface area contributed by atoms with E-state index in [9.17, 15) is 9.59 Å². The zero-order chi connectivity index (χ0) is 24.1. The van der Waals surface area contributed by atoms with Crippen molar-refractivity contribution in [2.24, 2.45) is 0 Å². The molecule has 34 heavy (non-hydrogen) atoms. The van der Waals surface area contributed by atoms with Gasteiger partial charge in [-0.25, -0.2) is 4.79 Å². The predicted octanol–water partition coefficient (Wildman–Crippen LogP) is 6.19. The van der Waals surface area contributed by atoms with Gasteiger partial charge in [0.05, 0.1) is 0 Å². The molecule has 0 saturated carbocycles.